The summed E-state index contributed by atoms with van der Waals surface area (Å²) in [6, 6.07) is 6.98. The molecule has 7 heteroatoms. The molecule has 2 aromatic rings. The van der Waals surface area contributed by atoms with Crippen molar-refractivity contribution in [3.8, 4) is 5.75 Å². The Morgan fingerprint density at radius 3 is 2.65 bits per heavy atom. The van der Waals surface area contributed by atoms with Gasteiger partial charge in [-0.05, 0) is 18.6 Å². The van der Waals surface area contributed by atoms with Crippen LogP contribution in [0.15, 0.2) is 28.7 Å². The number of ether oxygens (including phenoxy) is 1. The Hall–Kier alpha value is -1.76. The predicted octanol–water partition coefficient (Wildman–Crippen LogP) is 3.79. The lowest BCUT2D eigenvalue weighted by Crippen LogP contribution is -2.12. The molecule has 0 aliphatic carbocycles. The SMILES string of the molecule is NC(=S)c1oc2ccccc2c1OCCCC(F)(F)F. The summed E-state index contributed by atoms with van der Waals surface area (Å²) < 4.78 is 47.0. The minimum Gasteiger partial charge on any atom is -0.489 e. The molecule has 3 nitrogen and oxygen atoms in total. The maximum absolute atomic E-state index is 12.1. The molecule has 0 radical (unpaired) electrons. The molecule has 108 valence electrons. The van der Waals surface area contributed by atoms with Crippen LogP contribution in [0.2, 0.25) is 0 Å². The summed E-state index contributed by atoms with van der Waals surface area (Å²) in [5.41, 5.74) is 6.06. The Labute approximate surface area is 118 Å². The number of furan rings is 1. The van der Waals surface area contributed by atoms with Crippen molar-refractivity contribution in [2.24, 2.45) is 5.73 Å². The molecule has 2 rings (SSSR count). The van der Waals surface area contributed by atoms with Crippen molar-refractivity contribution in [1.29, 1.82) is 0 Å². The molecule has 0 aliphatic rings. The number of benzene rings is 1. The fraction of sp³-hybridized carbons (Fsp3) is 0.308. The van der Waals surface area contributed by atoms with Crippen LogP contribution in [-0.2, 0) is 0 Å². The summed E-state index contributed by atoms with van der Waals surface area (Å²) in [7, 11) is 0. The van der Waals surface area contributed by atoms with E-state index < -0.39 is 12.6 Å². The number of nitrogens with two attached hydrogens (primary N) is 1. The maximum Gasteiger partial charge on any atom is 0.389 e. The third kappa shape index (κ3) is 3.41. The van der Waals surface area contributed by atoms with E-state index in [1.807, 2.05) is 0 Å². The van der Waals surface area contributed by atoms with Crippen molar-refractivity contribution in [2.45, 2.75) is 19.0 Å². The highest BCUT2D eigenvalue weighted by molar-refractivity contribution is 7.80. The molecule has 2 N–H and O–H groups in total. The first-order valence-corrected chi connectivity index (χ1v) is 6.30. The number of fused-ring (bicyclic) bond motifs is 1. The third-order valence-electron chi connectivity index (χ3n) is 2.62. The highest BCUT2D eigenvalue weighted by atomic mass is 32.1. The van der Waals surface area contributed by atoms with Crippen molar-refractivity contribution in [3.05, 3.63) is 30.0 Å². The molecule has 1 aromatic heterocycles. The first kappa shape index (κ1) is 14.6. The van der Waals surface area contributed by atoms with E-state index in [2.05, 4.69) is 0 Å². The van der Waals surface area contributed by atoms with E-state index in [9.17, 15) is 13.2 Å². The largest absolute Gasteiger partial charge is 0.489 e. The molecular formula is C13H12F3NO2S. The van der Waals surface area contributed by atoms with Crippen molar-refractivity contribution in [1.82, 2.24) is 0 Å². The van der Waals surface area contributed by atoms with Gasteiger partial charge in [0.1, 0.15) is 10.6 Å². The zero-order valence-corrected chi connectivity index (χ0v) is 11.2. The standard InChI is InChI=1S/C13H12F3NO2S/c14-13(15,16)6-3-7-18-10-8-4-1-2-5-9(8)19-11(10)12(17)20/h1-2,4-5H,3,6-7H2,(H2,17,20). The molecule has 0 amide bonds. The van der Waals surface area contributed by atoms with Gasteiger partial charge in [-0.3, -0.25) is 0 Å². The zero-order valence-electron chi connectivity index (χ0n) is 10.4. The Kier molecular flexibility index (Phi) is 4.17. The quantitative estimate of drug-likeness (QED) is 0.674. The lowest BCUT2D eigenvalue weighted by Gasteiger charge is -2.08. The van der Waals surface area contributed by atoms with Crippen LogP contribution in [0.3, 0.4) is 0 Å². The van der Waals surface area contributed by atoms with Gasteiger partial charge in [0.25, 0.3) is 0 Å². The Morgan fingerprint density at radius 1 is 1.30 bits per heavy atom. The van der Waals surface area contributed by atoms with Crippen molar-refractivity contribution < 1.29 is 22.3 Å². The molecule has 0 aliphatic heterocycles. The minimum atomic E-state index is -4.19. The topological polar surface area (TPSA) is 48.4 Å². The number of para-hydroxylation sites is 1. The van der Waals surface area contributed by atoms with Gasteiger partial charge in [0, 0.05) is 6.42 Å². The number of rotatable bonds is 5. The van der Waals surface area contributed by atoms with Gasteiger partial charge in [0.2, 0.25) is 5.76 Å². The second kappa shape index (κ2) is 5.70. The van der Waals surface area contributed by atoms with Gasteiger partial charge < -0.3 is 14.9 Å². The van der Waals surface area contributed by atoms with Crippen LogP contribution in [0, 0.1) is 0 Å². The van der Waals surface area contributed by atoms with Crippen LogP contribution in [0.25, 0.3) is 11.0 Å². The molecule has 1 aromatic carbocycles. The van der Waals surface area contributed by atoms with Crippen LogP contribution in [0.4, 0.5) is 13.2 Å². The average Bonchev–Trinajstić information content (AvgIpc) is 2.72. The van der Waals surface area contributed by atoms with E-state index in [0.717, 1.165) is 0 Å². The number of hydrogen-bond donors (Lipinski definition) is 1. The zero-order chi connectivity index (χ0) is 14.8. The van der Waals surface area contributed by atoms with Crippen LogP contribution in [-0.4, -0.2) is 17.8 Å². The summed E-state index contributed by atoms with van der Waals surface area (Å²) in [5.74, 6) is 0.489. The van der Waals surface area contributed by atoms with Gasteiger partial charge in [-0.15, -0.1) is 0 Å². The van der Waals surface area contributed by atoms with Gasteiger partial charge in [-0.25, -0.2) is 0 Å². The molecule has 0 fully saturated rings. The number of halogens is 3. The van der Waals surface area contributed by atoms with E-state index in [1.54, 1.807) is 24.3 Å². The molecule has 20 heavy (non-hydrogen) atoms. The van der Waals surface area contributed by atoms with E-state index in [1.165, 1.54) is 0 Å². The lowest BCUT2D eigenvalue weighted by molar-refractivity contribution is -0.136. The molecule has 0 saturated heterocycles. The summed E-state index contributed by atoms with van der Waals surface area (Å²) in [5, 5.41) is 0.641. The molecule has 0 spiro atoms. The average molecular weight is 303 g/mol. The first-order valence-electron chi connectivity index (χ1n) is 5.89. The Bertz CT molecular complexity index is 622. The normalized spacial score (nSPS) is 11.8. The van der Waals surface area contributed by atoms with Crippen molar-refractivity contribution in [3.63, 3.8) is 0 Å². The predicted molar refractivity (Wildman–Crippen MR) is 72.9 cm³/mol. The van der Waals surface area contributed by atoms with Gasteiger partial charge in [0.05, 0.1) is 12.0 Å². The summed E-state index contributed by atoms with van der Waals surface area (Å²) >= 11 is 4.85. The fourth-order valence-electron chi connectivity index (χ4n) is 1.77. The Morgan fingerprint density at radius 2 is 2.00 bits per heavy atom. The minimum absolute atomic E-state index is 0.00650. The first-order chi connectivity index (χ1) is 9.38. The summed E-state index contributed by atoms with van der Waals surface area (Å²) in [4.78, 5) is 0.00650. The van der Waals surface area contributed by atoms with E-state index in [0.29, 0.717) is 16.7 Å². The van der Waals surface area contributed by atoms with Crippen molar-refractivity contribution in [2.75, 3.05) is 6.61 Å². The highest BCUT2D eigenvalue weighted by Gasteiger charge is 2.26. The molecule has 0 bridgehead atoms. The van der Waals surface area contributed by atoms with Gasteiger partial charge in [0.15, 0.2) is 5.75 Å². The van der Waals surface area contributed by atoms with Crippen LogP contribution < -0.4 is 10.5 Å². The second-order valence-electron chi connectivity index (χ2n) is 4.19. The lowest BCUT2D eigenvalue weighted by atomic mass is 10.2. The fourth-order valence-corrected chi connectivity index (χ4v) is 1.91. The number of hydrogen-bond acceptors (Lipinski definition) is 3. The monoisotopic (exact) mass is 303 g/mol. The number of alkyl halides is 3. The smallest absolute Gasteiger partial charge is 0.389 e. The van der Waals surface area contributed by atoms with Gasteiger partial charge in [-0.1, -0.05) is 24.4 Å². The highest BCUT2D eigenvalue weighted by Crippen LogP contribution is 2.33. The summed E-state index contributed by atoms with van der Waals surface area (Å²) in [6.45, 7) is -0.0847. The second-order valence-corrected chi connectivity index (χ2v) is 4.63. The van der Waals surface area contributed by atoms with Crippen LogP contribution >= 0.6 is 12.2 Å². The molecule has 0 atom stereocenters. The summed E-state index contributed by atoms with van der Waals surface area (Å²) in [6.07, 6.45) is -5.22. The molecule has 0 saturated carbocycles. The maximum atomic E-state index is 12.1. The molecule has 1 heterocycles. The van der Waals surface area contributed by atoms with E-state index in [-0.39, 0.29) is 23.8 Å². The molecule has 0 unspecified atom stereocenters. The van der Waals surface area contributed by atoms with Gasteiger partial charge in [-0.2, -0.15) is 13.2 Å². The van der Waals surface area contributed by atoms with E-state index >= 15 is 0 Å². The van der Waals surface area contributed by atoms with E-state index in [4.69, 9.17) is 27.1 Å². The molecular weight excluding hydrogens is 291 g/mol. The van der Waals surface area contributed by atoms with Crippen LogP contribution in [0.5, 0.6) is 5.75 Å². The number of thiocarbonyl (C=S) groups is 1. The third-order valence-corrected chi connectivity index (χ3v) is 2.81. The van der Waals surface area contributed by atoms with Gasteiger partial charge >= 0.3 is 6.18 Å². The Balaban J connectivity index is 2.15. The van der Waals surface area contributed by atoms with Crippen molar-refractivity contribution >= 4 is 28.2 Å². The van der Waals surface area contributed by atoms with Crippen LogP contribution in [0.1, 0.15) is 18.6 Å².